The van der Waals surface area contributed by atoms with Gasteiger partial charge < -0.3 is 15.4 Å². The second kappa shape index (κ2) is 6.96. The second-order valence-corrected chi connectivity index (χ2v) is 6.67. The molecule has 3 heterocycles. The van der Waals surface area contributed by atoms with E-state index in [2.05, 4.69) is 20.7 Å². The van der Waals surface area contributed by atoms with Crippen molar-refractivity contribution in [3.05, 3.63) is 77.4 Å². The van der Waals surface area contributed by atoms with Crippen LogP contribution in [0.1, 0.15) is 26.3 Å². The molecule has 8 nitrogen and oxygen atoms in total. The molecule has 148 valence electrons. The number of nitrogens with one attached hydrogen (secondary N) is 2. The lowest BCUT2D eigenvalue weighted by molar-refractivity contribution is 0.102. The highest BCUT2D eigenvalue weighted by molar-refractivity contribution is 6.09. The lowest BCUT2D eigenvalue weighted by Gasteiger charge is -2.15. The Labute approximate surface area is 169 Å². The summed E-state index contributed by atoms with van der Waals surface area (Å²) in [5.74, 6) is 0.342. The van der Waals surface area contributed by atoms with Crippen LogP contribution in [0.4, 0.5) is 15.9 Å². The van der Waals surface area contributed by atoms with Crippen molar-refractivity contribution in [1.82, 2.24) is 14.6 Å². The summed E-state index contributed by atoms with van der Waals surface area (Å²) in [6.45, 7) is 0.239. The maximum atomic E-state index is 13.9. The van der Waals surface area contributed by atoms with Crippen LogP contribution in [0.5, 0.6) is 11.5 Å². The van der Waals surface area contributed by atoms with Gasteiger partial charge >= 0.3 is 0 Å². The molecule has 0 spiro atoms. The van der Waals surface area contributed by atoms with Crippen LogP contribution >= 0.6 is 0 Å². The van der Waals surface area contributed by atoms with Crippen LogP contribution < -0.4 is 15.4 Å². The lowest BCUT2D eigenvalue weighted by atomic mass is 10.1. The van der Waals surface area contributed by atoms with E-state index in [9.17, 15) is 14.0 Å². The number of hydrogen-bond acceptors (Lipinski definition) is 6. The van der Waals surface area contributed by atoms with E-state index < -0.39 is 11.7 Å². The summed E-state index contributed by atoms with van der Waals surface area (Å²) in [5.41, 5.74) is 1.82. The number of halogens is 1. The fraction of sp³-hybridized carbons (Fsp3) is 0.0476. The van der Waals surface area contributed by atoms with E-state index in [0.717, 1.165) is 0 Å². The number of benzene rings is 2. The molecule has 0 aliphatic carbocycles. The number of fused-ring (bicyclic) bond motifs is 3. The molecule has 0 saturated carbocycles. The van der Waals surface area contributed by atoms with Crippen LogP contribution in [-0.2, 0) is 6.54 Å². The van der Waals surface area contributed by atoms with Crippen LogP contribution in [-0.4, -0.2) is 26.8 Å². The number of amides is 1. The Hall–Kier alpha value is -4.27. The van der Waals surface area contributed by atoms with E-state index in [1.165, 1.54) is 35.0 Å². The molecule has 5 rings (SSSR count). The number of nitrogens with zero attached hydrogens (tertiary/aromatic N) is 3. The Bertz CT molecular complexity index is 1320. The summed E-state index contributed by atoms with van der Waals surface area (Å²) < 4.78 is 21.3. The van der Waals surface area contributed by atoms with Crippen molar-refractivity contribution in [2.24, 2.45) is 0 Å². The molecule has 1 aliphatic rings. The number of rotatable bonds is 1. The Kier molecular flexibility index (Phi) is 4.13. The van der Waals surface area contributed by atoms with E-state index >= 15 is 0 Å². The summed E-state index contributed by atoms with van der Waals surface area (Å²) >= 11 is 0. The first-order chi connectivity index (χ1) is 14.6. The van der Waals surface area contributed by atoms with E-state index in [-0.39, 0.29) is 12.1 Å². The summed E-state index contributed by atoms with van der Waals surface area (Å²) in [7, 11) is 0. The first-order valence-corrected chi connectivity index (χ1v) is 9.06. The first-order valence-electron chi connectivity index (χ1n) is 9.06. The number of anilines is 2. The number of aldehydes is 1. The van der Waals surface area contributed by atoms with Gasteiger partial charge in [-0.1, -0.05) is 0 Å². The fourth-order valence-electron chi connectivity index (χ4n) is 3.21. The zero-order valence-electron chi connectivity index (χ0n) is 15.4. The summed E-state index contributed by atoms with van der Waals surface area (Å²) in [6.07, 6.45) is 3.75. The molecular weight excluding hydrogens is 389 g/mol. The Morgan fingerprint density at radius 2 is 2.00 bits per heavy atom. The van der Waals surface area contributed by atoms with Gasteiger partial charge in [0.05, 0.1) is 11.9 Å². The molecule has 30 heavy (non-hydrogen) atoms. The number of carbonyl (C=O) groups is 2. The third-order valence-corrected chi connectivity index (χ3v) is 4.70. The molecule has 0 saturated heterocycles. The molecule has 4 aromatic rings. The van der Waals surface area contributed by atoms with Crippen LogP contribution in [0.2, 0.25) is 0 Å². The average Bonchev–Trinajstić information content (AvgIpc) is 3.17. The monoisotopic (exact) mass is 403 g/mol. The maximum absolute atomic E-state index is 13.9. The van der Waals surface area contributed by atoms with Crippen molar-refractivity contribution >= 4 is 29.3 Å². The standard InChI is InChI=1S/C21H14FN5O3/c22-14-2-4-17-13(8-14)9-23-19-5-6-27-20(26-19)15(10-24-27)21(29)25-16-7-12(11-28)1-3-18(16)30-17/h1-8,10-11H,9H2,(H,23,26)(H,25,29). The summed E-state index contributed by atoms with van der Waals surface area (Å²) in [4.78, 5) is 28.6. The van der Waals surface area contributed by atoms with Gasteiger partial charge in [0.15, 0.2) is 11.4 Å². The van der Waals surface area contributed by atoms with E-state index in [1.807, 2.05) is 0 Å². The predicted octanol–water partition coefficient (Wildman–Crippen LogP) is 3.65. The molecule has 2 bridgehead atoms. The van der Waals surface area contributed by atoms with Crippen LogP contribution in [0.3, 0.4) is 0 Å². The molecule has 1 aliphatic heterocycles. The maximum Gasteiger partial charge on any atom is 0.261 e. The molecule has 2 aromatic heterocycles. The molecule has 0 atom stereocenters. The zero-order chi connectivity index (χ0) is 20.7. The minimum atomic E-state index is -0.457. The van der Waals surface area contributed by atoms with E-state index in [0.29, 0.717) is 46.1 Å². The Morgan fingerprint density at radius 3 is 2.87 bits per heavy atom. The Morgan fingerprint density at radius 1 is 1.13 bits per heavy atom. The quantitative estimate of drug-likeness (QED) is 0.471. The van der Waals surface area contributed by atoms with Gasteiger partial charge in [0, 0.05) is 23.9 Å². The molecule has 2 N–H and O–H groups in total. The van der Waals surface area contributed by atoms with Crippen LogP contribution in [0.15, 0.2) is 54.9 Å². The Balaban J connectivity index is 1.70. The highest BCUT2D eigenvalue weighted by Crippen LogP contribution is 2.33. The number of hydrogen-bond donors (Lipinski definition) is 2. The third kappa shape index (κ3) is 3.12. The van der Waals surface area contributed by atoms with Gasteiger partial charge in [0.2, 0.25) is 0 Å². The van der Waals surface area contributed by atoms with Gasteiger partial charge in [-0.25, -0.2) is 13.9 Å². The van der Waals surface area contributed by atoms with Gasteiger partial charge in [0.25, 0.3) is 5.91 Å². The fourth-order valence-corrected chi connectivity index (χ4v) is 3.21. The van der Waals surface area contributed by atoms with Gasteiger partial charge in [-0.15, -0.1) is 0 Å². The van der Waals surface area contributed by atoms with E-state index in [1.54, 1.807) is 24.4 Å². The average molecular weight is 403 g/mol. The minimum Gasteiger partial charge on any atom is -0.455 e. The highest BCUT2D eigenvalue weighted by Gasteiger charge is 2.19. The second-order valence-electron chi connectivity index (χ2n) is 6.67. The van der Waals surface area contributed by atoms with Gasteiger partial charge in [0.1, 0.15) is 29.2 Å². The van der Waals surface area contributed by atoms with Crippen molar-refractivity contribution in [2.75, 3.05) is 10.6 Å². The smallest absolute Gasteiger partial charge is 0.261 e. The molecule has 0 fully saturated rings. The molecule has 9 heteroatoms. The number of ether oxygens (including phenoxy) is 1. The third-order valence-electron chi connectivity index (χ3n) is 4.70. The number of aromatic nitrogens is 3. The van der Waals surface area contributed by atoms with Gasteiger partial charge in [-0.2, -0.15) is 5.10 Å². The van der Waals surface area contributed by atoms with Crippen LogP contribution in [0, 0.1) is 5.82 Å². The zero-order valence-corrected chi connectivity index (χ0v) is 15.4. The summed E-state index contributed by atoms with van der Waals surface area (Å²) in [6, 6.07) is 10.5. The van der Waals surface area contributed by atoms with Crippen molar-refractivity contribution in [3.8, 4) is 11.5 Å². The predicted molar refractivity (Wildman–Crippen MR) is 107 cm³/mol. The minimum absolute atomic E-state index is 0.239. The van der Waals surface area contributed by atoms with Crippen LogP contribution in [0.25, 0.3) is 5.65 Å². The molecule has 0 radical (unpaired) electrons. The SMILES string of the molecule is O=Cc1ccc2c(c1)NC(=O)c1cnn3ccc(nc13)NCc1cc(F)ccc1O2. The molecular formula is C21H14FN5O3. The van der Waals surface area contributed by atoms with Crippen molar-refractivity contribution in [2.45, 2.75) is 6.54 Å². The normalized spacial score (nSPS) is 13.0. The van der Waals surface area contributed by atoms with Crippen molar-refractivity contribution < 1.29 is 18.7 Å². The summed E-state index contributed by atoms with van der Waals surface area (Å²) in [5, 5.41) is 10.0. The van der Waals surface area contributed by atoms with Crippen molar-refractivity contribution in [1.29, 1.82) is 0 Å². The lowest BCUT2D eigenvalue weighted by Crippen LogP contribution is -2.13. The largest absolute Gasteiger partial charge is 0.455 e. The van der Waals surface area contributed by atoms with E-state index in [4.69, 9.17) is 4.74 Å². The number of carbonyl (C=O) groups excluding carboxylic acids is 2. The van der Waals surface area contributed by atoms with Gasteiger partial charge in [-0.05, 0) is 42.5 Å². The van der Waals surface area contributed by atoms with Crippen molar-refractivity contribution in [3.63, 3.8) is 0 Å². The molecule has 0 unspecified atom stereocenters. The first kappa shape index (κ1) is 17.8. The molecule has 1 amide bonds. The highest BCUT2D eigenvalue weighted by atomic mass is 19.1. The topological polar surface area (TPSA) is 97.6 Å². The molecule has 2 aromatic carbocycles. The van der Waals surface area contributed by atoms with Gasteiger partial charge in [-0.3, -0.25) is 9.59 Å².